The summed E-state index contributed by atoms with van der Waals surface area (Å²) in [6.45, 7) is 2.14. The number of ether oxygens (including phenoxy) is 1. The molecule has 0 radical (unpaired) electrons. The predicted octanol–water partition coefficient (Wildman–Crippen LogP) is 3.95. The van der Waals surface area contributed by atoms with Gasteiger partial charge in [-0.3, -0.25) is 0 Å². The monoisotopic (exact) mass is 372 g/mol. The minimum absolute atomic E-state index is 0.140. The largest absolute Gasteiger partial charge is 0.493 e. The summed E-state index contributed by atoms with van der Waals surface area (Å²) in [5.74, 6) is -0.394. The van der Waals surface area contributed by atoms with E-state index in [-0.39, 0.29) is 18.3 Å². The van der Waals surface area contributed by atoms with Crippen LogP contribution >= 0.6 is 26.6 Å². The molecule has 1 aromatic rings. The first-order valence-corrected chi connectivity index (χ1v) is 9.08. The molecule has 0 N–H and O–H groups in total. The fourth-order valence-electron chi connectivity index (χ4n) is 1.73. The van der Waals surface area contributed by atoms with Crippen molar-refractivity contribution in [2.45, 2.75) is 19.8 Å². The molecule has 0 aliphatic carbocycles. The van der Waals surface area contributed by atoms with Crippen LogP contribution in [0, 0.1) is 11.7 Å². The van der Waals surface area contributed by atoms with Crippen LogP contribution in [0.5, 0.6) is 5.75 Å². The Kier molecular flexibility index (Phi) is 6.56. The second-order valence-electron chi connectivity index (χ2n) is 4.28. The molecule has 0 fully saturated rings. The minimum atomic E-state index is -3.56. The van der Waals surface area contributed by atoms with Gasteiger partial charge in [-0.2, -0.15) is 0 Å². The molecule has 108 valence electrons. The molecule has 0 heterocycles. The Balaban J connectivity index is 2.65. The third kappa shape index (κ3) is 7.13. The summed E-state index contributed by atoms with van der Waals surface area (Å²) in [4.78, 5) is 0. The van der Waals surface area contributed by atoms with Gasteiger partial charge in [-0.05, 0) is 18.6 Å². The molecule has 19 heavy (non-hydrogen) atoms. The highest BCUT2D eigenvalue weighted by molar-refractivity contribution is 9.10. The predicted molar refractivity (Wildman–Crippen MR) is 77.6 cm³/mol. The quantitative estimate of drug-likeness (QED) is 0.680. The summed E-state index contributed by atoms with van der Waals surface area (Å²) in [6.07, 6.45) is 1.51. The van der Waals surface area contributed by atoms with Crippen LogP contribution < -0.4 is 4.74 Å². The Labute approximate surface area is 125 Å². The summed E-state index contributed by atoms with van der Waals surface area (Å²) >= 11 is 3.16. The molecule has 1 unspecified atom stereocenters. The van der Waals surface area contributed by atoms with E-state index in [0.29, 0.717) is 16.6 Å². The van der Waals surface area contributed by atoms with Crippen molar-refractivity contribution >= 4 is 35.7 Å². The van der Waals surface area contributed by atoms with E-state index in [9.17, 15) is 12.8 Å². The van der Waals surface area contributed by atoms with Crippen LogP contribution in [0.1, 0.15) is 19.8 Å². The number of halogens is 3. The highest BCUT2D eigenvalue weighted by atomic mass is 79.9. The molecule has 1 rings (SSSR count). The summed E-state index contributed by atoms with van der Waals surface area (Å²) in [6, 6.07) is 4.20. The van der Waals surface area contributed by atoms with E-state index >= 15 is 0 Å². The molecule has 3 nitrogen and oxygen atoms in total. The van der Waals surface area contributed by atoms with E-state index in [1.54, 1.807) is 6.07 Å². The Morgan fingerprint density at radius 3 is 2.63 bits per heavy atom. The van der Waals surface area contributed by atoms with Crippen molar-refractivity contribution < 1.29 is 17.5 Å². The van der Waals surface area contributed by atoms with Gasteiger partial charge < -0.3 is 4.74 Å². The first-order chi connectivity index (χ1) is 8.80. The van der Waals surface area contributed by atoms with E-state index in [1.807, 2.05) is 6.92 Å². The average molecular weight is 374 g/mol. The second-order valence-corrected chi connectivity index (χ2v) is 8.01. The van der Waals surface area contributed by atoms with Gasteiger partial charge in [-0.1, -0.05) is 29.3 Å². The molecule has 0 aromatic heterocycles. The number of rotatable bonds is 7. The maximum absolute atomic E-state index is 13.1. The van der Waals surface area contributed by atoms with Gasteiger partial charge in [-0.25, -0.2) is 12.8 Å². The molecule has 0 saturated carbocycles. The lowest BCUT2D eigenvalue weighted by molar-refractivity contribution is 0.252. The zero-order valence-electron chi connectivity index (χ0n) is 10.4. The maximum atomic E-state index is 13.1. The van der Waals surface area contributed by atoms with Crippen LogP contribution in [0.15, 0.2) is 22.7 Å². The second kappa shape index (κ2) is 7.45. The van der Waals surface area contributed by atoms with Gasteiger partial charge in [0, 0.05) is 27.1 Å². The molecule has 7 heteroatoms. The lowest BCUT2D eigenvalue weighted by atomic mass is 10.1. The van der Waals surface area contributed by atoms with E-state index in [4.69, 9.17) is 15.4 Å². The van der Waals surface area contributed by atoms with E-state index < -0.39 is 14.9 Å². The minimum Gasteiger partial charge on any atom is -0.493 e. The van der Waals surface area contributed by atoms with Gasteiger partial charge in [0.2, 0.25) is 9.05 Å². The summed E-state index contributed by atoms with van der Waals surface area (Å²) < 4.78 is 41.3. The average Bonchev–Trinajstić information content (AvgIpc) is 2.23. The first-order valence-electron chi connectivity index (χ1n) is 5.81. The topological polar surface area (TPSA) is 43.4 Å². The van der Waals surface area contributed by atoms with Crippen LogP contribution in [0.2, 0.25) is 0 Å². The SMILES string of the molecule is CCCC(COc1cc(F)cc(Br)c1)CS(=O)(=O)Cl. The van der Waals surface area contributed by atoms with Crippen LogP contribution in [0.25, 0.3) is 0 Å². The molecule has 0 bridgehead atoms. The van der Waals surface area contributed by atoms with Crippen molar-refractivity contribution in [3.05, 3.63) is 28.5 Å². The van der Waals surface area contributed by atoms with E-state index in [0.717, 1.165) is 6.42 Å². The molecule has 0 spiro atoms. The molecular formula is C12H15BrClFO3S. The third-order valence-corrected chi connectivity index (χ3v) is 4.16. The highest BCUT2D eigenvalue weighted by Gasteiger charge is 2.17. The normalized spacial score (nSPS) is 13.3. The molecular weight excluding hydrogens is 359 g/mol. The van der Waals surface area contributed by atoms with E-state index in [2.05, 4.69) is 15.9 Å². The maximum Gasteiger partial charge on any atom is 0.232 e. The number of benzene rings is 1. The molecule has 0 aliphatic rings. The van der Waals surface area contributed by atoms with Crippen molar-refractivity contribution in [1.29, 1.82) is 0 Å². The van der Waals surface area contributed by atoms with Gasteiger partial charge in [0.15, 0.2) is 0 Å². The van der Waals surface area contributed by atoms with Crippen molar-refractivity contribution in [3.63, 3.8) is 0 Å². The number of hydrogen-bond acceptors (Lipinski definition) is 3. The van der Waals surface area contributed by atoms with Gasteiger partial charge in [0.05, 0.1) is 12.4 Å². The summed E-state index contributed by atoms with van der Waals surface area (Å²) in [5, 5.41) is 0. The van der Waals surface area contributed by atoms with Crippen molar-refractivity contribution in [2.75, 3.05) is 12.4 Å². The van der Waals surface area contributed by atoms with Crippen LogP contribution in [-0.4, -0.2) is 20.8 Å². The molecule has 1 aromatic carbocycles. The molecule has 0 aliphatic heterocycles. The van der Waals surface area contributed by atoms with Crippen molar-refractivity contribution in [1.82, 2.24) is 0 Å². The van der Waals surface area contributed by atoms with Gasteiger partial charge in [0.1, 0.15) is 11.6 Å². The Bertz CT molecular complexity index is 501. The Morgan fingerprint density at radius 2 is 2.11 bits per heavy atom. The van der Waals surface area contributed by atoms with Crippen LogP contribution in [0.4, 0.5) is 4.39 Å². The summed E-state index contributed by atoms with van der Waals surface area (Å²) in [7, 11) is 1.69. The van der Waals surface area contributed by atoms with Gasteiger partial charge in [-0.15, -0.1) is 0 Å². The number of hydrogen-bond donors (Lipinski definition) is 0. The Morgan fingerprint density at radius 1 is 1.42 bits per heavy atom. The first kappa shape index (κ1) is 16.7. The van der Waals surface area contributed by atoms with Gasteiger partial charge >= 0.3 is 0 Å². The third-order valence-electron chi connectivity index (χ3n) is 2.45. The Hall–Kier alpha value is -0.330. The van der Waals surface area contributed by atoms with Crippen molar-refractivity contribution in [2.24, 2.45) is 5.92 Å². The van der Waals surface area contributed by atoms with E-state index in [1.165, 1.54) is 12.1 Å². The zero-order valence-corrected chi connectivity index (χ0v) is 13.6. The summed E-state index contributed by atoms with van der Waals surface area (Å²) in [5.41, 5.74) is 0. The standard InChI is InChI=1S/C12H15BrClFO3S/c1-2-3-9(8-19(14,16)17)7-18-12-5-10(13)4-11(15)6-12/h4-6,9H,2-3,7-8H2,1H3. The van der Waals surface area contributed by atoms with Crippen molar-refractivity contribution in [3.8, 4) is 5.75 Å². The van der Waals surface area contributed by atoms with Crippen LogP contribution in [0.3, 0.4) is 0 Å². The fourth-order valence-corrected chi connectivity index (χ4v) is 3.54. The lowest BCUT2D eigenvalue weighted by Crippen LogP contribution is -2.19. The lowest BCUT2D eigenvalue weighted by Gasteiger charge is -2.15. The highest BCUT2D eigenvalue weighted by Crippen LogP contribution is 2.22. The zero-order chi connectivity index (χ0) is 14.5. The smallest absolute Gasteiger partial charge is 0.232 e. The molecule has 0 saturated heterocycles. The molecule has 0 amide bonds. The fraction of sp³-hybridized carbons (Fsp3) is 0.500. The van der Waals surface area contributed by atoms with Gasteiger partial charge in [0.25, 0.3) is 0 Å². The molecule has 1 atom stereocenters. The van der Waals surface area contributed by atoms with Crippen LogP contribution in [-0.2, 0) is 9.05 Å².